The first-order chi connectivity index (χ1) is 10.2. The first kappa shape index (κ1) is 20.4. The fourth-order valence-corrected chi connectivity index (χ4v) is 2.54. The molecule has 0 atom stereocenters. The van der Waals surface area contributed by atoms with Crippen LogP contribution in [0.3, 0.4) is 0 Å². The van der Waals surface area contributed by atoms with E-state index in [1.54, 1.807) is 14.1 Å². The standard InChI is InChI=1S/C18H37NO2/c1-4-5-6-7-8-9-10-11-12-13-14-15-16-17-18(20)21-19(2)3/h4-17H2,1-3H3. The lowest BCUT2D eigenvalue weighted by Gasteiger charge is -2.09. The average molecular weight is 299 g/mol. The van der Waals surface area contributed by atoms with Gasteiger partial charge < -0.3 is 4.84 Å². The molecule has 0 rings (SSSR count). The minimum atomic E-state index is -0.108. The maximum atomic E-state index is 11.3. The topological polar surface area (TPSA) is 29.5 Å². The van der Waals surface area contributed by atoms with Gasteiger partial charge in [-0.3, -0.25) is 4.79 Å². The number of nitrogens with zero attached hydrogens (tertiary/aromatic N) is 1. The Morgan fingerprint density at radius 2 is 1.10 bits per heavy atom. The van der Waals surface area contributed by atoms with E-state index >= 15 is 0 Å². The average Bonchev–Trinajstić information content (AvgIpc) is 2.43. The van der Waals surface area contributed by atoms with Gasteiger partial charge in [-0.05, 0) is 6.42 Å². The van der Waals surface area contributed by atoms with E-state index < -0.39 is 0 Å². The molecule has 21 heavy (non-hydrogen) atoms. The molecule has 126 valence electrons. The molecule has 0 aliphatic carbocycles. The Hall–Kier alpha value is -0.570. The SMILES string of the molecule is CCCCCCCCCCCCCCCC(=O)ON(C)C. The molecular weight excluding hydrogens is 262 g/mol. The lowest BCUT2D eigenvalue weighted by molar-refractivity contribution is -0.178. The summed E-state index contributed by atoms with van der Waals surface area (Å²) < 4.78 is 0. The molecular formula is C18H37NO2. The molecule has 0 aromatic heterocycles. The zero-order chi connectivity index (χ0) is 15.8. The van der Waals surface area contributed by atoms with Crippen molar-refractivity contribution in [2.24, 2.45) is 0 Å². The number of hydrogen-bond acceptors (Lipinski definition) is 3. The van der Waals surface area contributed by atoms with E-state index in [4.69, 9.17) is 4.84 Å². The minimum Gasteiger partial charge on any atom is -0.369 e. The molecule has 0 aliphatic heterocycles. The van der Waals surface area contributed by atoms with Gasteiger partial charge in [-0.25, -0.2) is 0 Å². The van der Waals surface area contributed by atoms with Gasteiger partial charge >= 0.3 is 5.97 Å². The van der Waals surface area contributed by atoms with Crippen LogP contribution in [0.5, 0.6) is 0 Å². The summed E-state index contributed by atoms with van der Waals surface area (Å²) in [6.45, 7) is 2.27. The summed E-state index contributed by atoms with van der Waals surface area (Å²) in [5, 5.41) is 1.46. The van der Waals surface area contributed by atoms with Crippen molar-refractivity contribution in [1.82, 2.24) is 5.06 Å². The van der Waals surface area contributed by atoms with Crippen molar-refractivity contribution in [1.29, 1.82) is 0 Å². The Morgan fingerprint density at radius 3 is 1.48 bits per heavy atom. The van der Waals surface area contributed by atoms with Gasteiger partial charge in [-0.2, -0.15) is 0 Å². The van der Waals surface area contributed by atoms with E-state index in [1.807, 2.05) is 0 Å². The molecule has 0 amide bonds. The fourth-order valence-electron chi connectivity index (χ4n) is 2.54. The van der Waals surface area contributed by atoms with Gasteiger partial charge in [-0.1, -0.05) is 84.0 Å². The second-order valence-corrected chi connectivity index (χ2v) is 6.27. The van der Waals surface area contributed by atoms with Crippen LogP contribution in [-0.4, -0.2) is 25.1 Å². The molecule has 3 nitrogen and oxygen atoms in total. The monoisotopic (exact) mass is 299 g/mol. The Bertz CT molecular complexity index is 229. The van der Waals surface area contributed by atoms with Gasteiger partial charge in [0.2, 0.25) is 0 Å². The van der Waals surface area contributed by atoms with Crippen molar-refractivity contribution in [2.45, 2.75) is 96.8 Å². The van der Waals surface area contributed by atoms with Crippen LogP contribution in [0.4, 0.5) is 0 Å². The third-order valence-corrected chi connectivity index (χ3v) is 3.77. The summed E-state index contributed by atoms with van der Waals surface area (Å²) in [6.07, 6.45) is 17.8. The van der Waals surface area contributed by atoms with Gasteiger partial charge in [0.1, 0.15) is 0 Å². The van der Waals surface area contributed by atoms with E-state index in [0.717, 1.165) is 12.8 Å². The van der Waals surface area contributed by atoms with E-state index in [1.165, 1.54) is 75.7 Å². The van der Waals surface area contributed by atoms with Crippen LogP contribution in [0.15, 0.2) is 0 Å². The molecule has 0 bridgehead atoms. The van der Waals surface area contributed by atoms with Gasteiger partial charge in [0.25, 0.3) is 0 Å². The van der Waals surface area contributed by atoms with Gasteiger partial charge in [-0.15, -0.1) is 5.06 Å². The van der Waals surface area contributed by atoms with Crippen molar-refractivity contribution in [3.8, 4) is 0 Å². The lowest BCUT2D eigenvalue weighted by Crippen LogP contribution is -2.18. The normalized spacial score (nSPS) is 11.0. The van der Waals surface area contributed by atoms with Gasteiger partial charge in [0, 0.05) is 20.5 Å². The zero-order valence-electron chi connectivity index (χ0n) is 14.7. The minimum absolute atomic E-state index is 0.108. The second-order valence-electron chi connectivity index (χ2n) is 6.27. The van der Waals surface area contributed by atoms with Crippen LogP contribution in [0, 0.1) is 0 Å². The Morgan fingerprint density at radius 1 is 0.714 bits per heavy atom. The van der Waals surface area contributed by atoms with Crippen LogP contribution < -0.4 is 0 Å². The molecule has 0 N–H and O–H groups in total. The molecule has 0 aromatic carbocycles. The Balaban J connectivity index is 3.07. The maximum absolute atomic E-state index is 11.3. The number of hydroxylamine groups is 2. The molecule has 0 aromatic rings. The summed E-state index contributed by atoms with van der Waals surface area (Å²) in [6, 6.07) is 0. The highest BCUT2D eigenvalue weighted by molar-refractivity contribution is 5.68. The largest absolute Gasteiger partial charge is 0.369 e. The lowest BCUT2D eigenvalue weighted by atomic mass is 10.0. The molecule has 0 unspecified atom stereocenters. The Labute approximate surface area is 132 Å². The van der Waals surface area contributed by atoms with Gasteiger partial charge in [0.05, 0.1) is 0 Å². The van der Waals surface area contributed by atoms with Gasteiger partial charge in [0.15, 0.2) is 0 Å². The first-order valence-electron chi connectivity index (χ1n) is 9.05. The van der Waals surface area contributed by atoms with E-state index in [2.05, 4.69) is 6.92 Å². The molecule has 0 aliphatic rings. The predicted molar refractivity (Wildman–Crippen MR) is 90.1 cm³/mol. The summed E-state index contributed by atoms with van der Waals surface area (Å²) in [5.41, 5.74) is 0. The van der Waals surface area contributed by atoms with Crippen LogP contribution >= 0.6 is 0 Å². The smallest absolute Gasteiger partial charge is 0.325 e. The Kier molecular flexibility index (Phi) is 15.4. The molecule has 0 saturated heterocycles. The summed E-state index contributed by atoms with van der Waals surface area (Å²) >= 11 is 0. The molecule has 0 saturated carbocycles. The zero-order valence-corrected chi connectivity index (χ0v) is 14.7. The highest BCUT2D eigenvalue weighted by Gasteiger charge is 2.03. The second kappa shape index (κ2) is 15.8. The van der Waals surface area contributed by atoms with Crippen molar-refractivity contribution in [3.05, 3.63) is 0 Å². The number of carbonyl (C=O) groups excluding carboxylic acids is 1. The van der Waals surface area contributed by atoms with Crippen molar-refractivity contribution >= 4 is 5.97 Å². The van der Waals surface area contributed by atoms with Crippen LogP contribution in [-0.2, 0) is 9.63 Å². The number of carbonyl (C=O) groups is 1. The quantitative estimate of drug-likeness (QED) is 0.296. The summed E-state index contributed by atoms with van der Waals surface area (Å²) in [5.74, 6) is -0.108. The molecule has 0 spiro atoms. The third kappa shape index (κ3) is 17.4. The number of hydrogen-bond donors (Lipinski definition) is 0. The number of rotatable bonds is 15. The highest BCUT2D eigenvalue weighted by Crippen LogP contribution is 2.13. The highest BCUT2D eigenvalue weighted by atomic mass is 16.7. The predicted octanol–water partition coefficient (Wildman–Crippen LogP) is 5.49. The van der Waals surface area contributed by atoms with E-state index in [0.29, 0.717) is 6.42 Å². The molecule has 0 heterocycles. The molecule has 0 radical (unpaired) electrons. The summed E-state index contributed by atoms with van der Waals surface area (Å²) in [4.78, 5) is 16.2. The third-order valence-electron chi connectivity index (χ3n) is 3.77. The first-order valence-corrected chi connectivity index (χ1v) is 9.05. The fraction of sp³-hybridized carbons (Fsp3) is 0.944. The van der Waals surface area contributed by atoms with Crippen LogP contribution in [0.2, 0.25) is 0 Å². The van der Waals surface area contributed by atoms with E-state index in [9.17, 15) is 4.79 Å². The molecule has 0 fully saturated rings. The summed E-state index contributed by atoms with van der Waals surface area (Å²) in [7, 11) is 3.48. The van der Waals surface area contributed by atoms with Crippen LogP contribution in [0.25, 0.3) is 0 Å². The van der Waals surface area contributed by atoms with E-state index in [-0.39, 0.29) is 5.97 Å². The van der Waals surface area contributed by atoms with Crippen molar-refractivity contribution in [3.63, 3.8) is 0 Å². The molecule has 3 heteroatoms. The van der Waals surface area contributed by atoms with Crippen molar-refractivity contribution < 1.29 is 9.63 Å². The van der Waals surface area contributed by atoms with Crippen molar-refractivity contribution in [2.75, 3.05) is 14.1 Å². The maximum Gasteiger partial charge on any atom is 0.325 e. The number of unbranched alkanes of at least 4 members (excludes halogenated alkanes) is 12. The van der Waals surface area contributed by atoms with Crippen LogP contribution in [0.1, 0.15) is 96.8 Å².